The summed E-state index contributed by atoms with van der Waals surface area (Å²) in [5.74, 6) is 0. The Morgan fingerprint density at radius 3 is 2.71 bits per heavy atom. The van der Waals surface area contributed by atoms with Crippen LogP contribution in [0.2, 0.25) is 0 Å². The van der Waals surface area contributed by atoms with Crippen LogP contribution in [0.1, 0.15) is 42.5 Å². The molecule has 0 bridgehead atoms. The van der Waals surface area contributed by atoms with Gasteiger partial charge < -0.3 is 5.32 Å². The summed E-state index contributed by atoms with van der Waals surface area (Å²) >= 11 is 0. The summed E-state index contributed by atoms with van der Waals surface area (Å²) in [5.41, 5.74) is 3.47. The molecule has 0 saturated heterocycles. The van der Waals surface area contributed by atoms with Gasteiger partial charge in [-0.3, -0.25) is 4.90 Å². The van der Waals surface area contributed by atoms with Gasteiger partial charge in [-0.15, -0.1) is 0 Å². The Kier molecular flexibility index (Phi) is 5.27. The molecule has 0 saturated carbocycles. The van der Waals surface area contributed by atoms with Gasteiger partial charge in [0.2, 0.25) is 0 Å². The molecule has 0 spiro atoms. The van der Waals surface area contributed by atoms with E-state index in [1.165, 1.54) is 11.1 Å². The summed E-state index contributed by atoms with van der Waals surface area (Å²) in [6.45, 7) is 2.49. The molecule has 21 heavy (non-hydrogen) atoms. The average molecular weight is 300 g/mol. The molecule has 1 aliphatic rings. The van der Waals surface area contributed by atoms with Crippen molar-refractivity contribution >= 4 is 0 Å². The van der Waals surface area contributed by atoms with Crippen molar-refractivity contribution in [1.29, 1.82) is 0 Å². The lowest BCUT2D eigenvalue weighted by Gasteiger charge is -2.38. The van der Waals surface area contributed by atoms with Crippen molar-refractivity contribution < 1.29 is 13.2 Å². The lowest BCUT2D eigenvalue weighted by molar-refractivity contribution is -0.152. The number of rotatable bonds is 5. The van der Waals surface area contributed by atoms with E-state index in [-0.39, 0.29) is 6.04 Å². The largest absolute Gasteiger partial charge is 0.401 e. The Hall–Kier alpha value is -1.07. The Morgan fingerprint density at radius 2 is 2.10 bits per heavy atom. The van der Waals surface area contributed by atoms with E-state index in [1.54, 1.807) is 4.90 Å². The highest BCUT2D eigenvalue weighted by atomic mass is 19.4. The van der Waals surface area contributed by atoms with Gasteiger partial charge in [0.25, 0.3) is 0 Å². The van der Waals surface area contributed by atoms with E-state index in [9.17, 15) is 13.2 Å². The maximum Gasteiger partial charge on any atom is 0.401 e. The number of fused-ring (bicyclic) bond motifs is 1. The first-order valence-corrected chi connectivity index (χ1v) is 7.51. The first-order valence-electron chi connectivity index (χ1n) is 7.51. The number of halogens is 3. The van der Waals surface area contributed by atoms with Crippen molar-refractivity contribution in [2.24, 2.45) is 0 Å². The molecule has 5 heteroatoms. The standard InChI is InChI=1S/C16H23F3N2/c1-3-4-15-14-6-5-12(10-20-2)9-13(14)7-8-21(15)11-16(17,18)19/h5-6,9,15,20H,3-4,7-8,10-11H2,1-2H3. The second-order valence-electron chi connectivity index (χ2n) is 5.70. The van der Waals surface area contributed by atoms with Gasteiger partial charge in [-0.05, 0) is 36.6 Å². The van der Waals surface area contributed by atoms with Gasteiger partial charge in [-0.2, -0.15) is 13.2 Å². The molecular formula is C16H23F3N2. The molecule has 0 aliphatic carbocycles. The molecule has 1 atom stereocenters. The van der Waals surface area contributed by atoms with Gasteiger partial charge in [0.15, 0.2) is 0 Å². The van der Waals surface area contributed by atoms with E-state index in [0.29, 0.717) is 13.0 Å². The zero-order valence-corrected chi connectivity index (χ0v) is 12.6. The maximum atomic E-state index is 12.7. The quantitative estimate of drug-likeness (QED) is 0.892. The highest BCUT2D eigenvalue weighted by Crippen LogP contribution is 2.35. The number of hydrogen-bond acceptors (Lipinski definition) is 2. The minimum atomic E-state index is -4.13. The fourth-order valence-electron chi connectivity index (χ4n) is 3.16. The van der Waals surface area contributed by atoms with Crippen LogP contribution in [0.4, 0.5) is 13.2 Å². The van der Waals surface area contributed by atoms with Crippen molar-refractivity contribution in [3.63, 3.8) is 0 Å². The number of alkyl halides is 3. The van der Waals surface area contributed by atoms with E-state index in [4.69, 9.17) is 0 Å². The van der Waals surface area contributed by atoms with E-state index in [0.717, 1.165) is 24.9 Å². The summed E-state index contributed by atoms with van der Waals surface area (Å²) in [4.78, 5) is 1.59. The third kappa shape index (κ3) is 4.20. The summed E-state index contributed by atoms with van der Waals surface area (Å²) in [5, 5.41) is 3.11. The molecule has 1 unspecified atom stereocenters. The molecule has 2 nitrogen and oxygen atoms in total. The smallest absolute Gasteiger partial charge is 0.316 e. The number of benzene rings is 1. The van der Waals surface area contributed by atoms with Gasteiger partial charge >= 0.3 is 6.18 Å². The lowest BCUT2D eigenvalue weighted by Crippen LogP contribution is -2.41. The molecule has 0 aromatic heterocycles. The van der Waals surface area contributed by atoms with Gasteiger partial charge in [0.05, 0.1) is 6.54 Å². The minimum Gasteiger partial charge on any atom is -0.316 e. The van der Waals surface area contributed by atoms with Crippen LogP contribution in [0.5, 0.6) is 0 Å². The molecule has 0 fully saturated rings. The second kappa shape index (κ2) is 6.79. The number of nitrogens with one attached hydrogen (secondary N) is 1. The molecule has 1 heterocycles. The molecule has 1 aromatic rings. The Bertz CT molecular complexity index is 471. The zero-order valence-electron chi connectivity index (χ0n) is 12.6. The van der Waals surface area contributed by atoms with Crippen LogP contribution in [0, 0.1) is 0 Å². The first kappa shape index (κ1) is 16.3. The number of nitrogens with zero attached hydrogens (tertiary/aromatic N) is 1. The summed E-state index contributed by atoms with van der Waals surface area (Å²) in [6, 6.07) is 6.07. The van der Waals surface area contributed by atoms with Crippen molar-refractivity contribution in [3.05, 3.63) is 34.9 Å². The summed E-state index contributed by atoms with van der Waals surface area (Å²) < 4.78 is 38.2. The summed E-state index contributed by atoms with van der Waals surface area (Å²) in [7, 11) is 1.89. The van der Waals surface area contributed by atoms with E-state index < -0.39 is 12.7 Å². The van der Waals surface area contributed by atoms with Crippen LogP contribution >= 0.6 is 0 Å². The fourth-order valence-corrected chi connectivity index (χ4v) is 3.16. The van der Waals surface area contributed by atoms with Gasteiger partial charge in [0, 0.05) is 19.1 Å². The monoisotopic (exact) mass is 300 g/mol. The summed E-state index contributed by atoms with van der Waals surface area (Å²) in [6.07, 6.45) is -1.77. The molecule has 1 aliphatic heterocycles. The third-order valence-electron chi connectivity index (χ3n) is 4.00. The molecule has 0 radical (unpaired) electrons. The van der Waals surface area contributed by atoms with Crippen molar-refractivity contribution in [3.8, 4) is 0 Å². The molecule has 0 amide bonds. The van der Waals surface area contributed by atoms with Crippen molar-refractivity contribution in [2.75, 3.05) is 20.1 Å². The van der Waals surface area contributed by atoms with Crippen LogP contribution in [0.25, 0.3) is 0 Å². The van der Waals surface area contributed by atoms with E-state index in [2.05, 4.69) is 11.4 Å². The fraction of sp³-hybridized carbons (Fsp3) is 0.625. The first-order chi connectivity index (χ1) is 9.94. The minimum absolute atomic E-state index is 0.107. The Morgan fingerprint density at radius 1 is 1.33 bits per heavy atom. The predicted octanol–water partition coefficient (Wildman–Crippen LogP) is 3.67. The molecule has 118 valence electrons. The van der Waals surface area contributed by atoms with Crippen molar-refractivity contribution in [1.82, 2.24) is 10.2 Å². The maximum absolute atomic E-state index is 12.7. The molecule has 2 rings (SSSR count). The molecule has 1 N–H and O–H groups in total. The Balaban J connectivity index is 2.25. The average Bonchev–Trinajstić information content (AvgIpc) is 2.40. The van der Waals surface area contributed by atoms with E-state index >= 15 is 0 Å². The van der Waals surface area contributed by atoms with Crippen molar-refractivity contribution in [2.45, 2.75) is 44.9 Å². The number of hydrogen-bond donors (Lipinski definition) is 1. The highest BCUT2D eigenvalue weighted by molar-refractivity contribution is 5.36. The highest BCUT2D eigenvalue weighted by Gasteiger charge is 2.36. The van der Waals surface area contributed by atoms with Crippen LogP contribution in [0.15, 0.2) is 18.2 Å². The molecular weight excluding hydrogens is 277 g/mol. The van der Waals surface area contributed by atoms with Crippen LogP contribution in [0.3, 0.4) is 0 Å². The normalized spacial score (nSPS) is 19.6. The SMILES string of the molecule is CCCC1c2ccc(CNC)cc2CCN1CC(F)(F)F. The van der Waals surface area contributed by atoms with Crippen LogP contribution in [-0.2, 0) is 13.0 Å². The van der Waals surface area contributed by atoms with Gasteiger partial charge in [-0.1, -0.05) is 31.5 Å². The Labute approximate surface area is 124 Å². The van der Waals surface area contributed by atoms with Gasteiger partial charge in [-0.25, -0.2) is 0 Å². The van der Waals surface area contributed by atoms with Crippen LogP contribution in [-0.4, -0.2) is 31.2 Å². The lowest BCUT2D eigenvalue weighted by atomic mass is 9.88. The third-order valence-corrected chi connectivity index (χ3v) is 4.00. The predicted molar refractivity (Wildman–Crippen MR) is 78.2 cm³/mol. The topological polar surface area (TPSA) is 15.3 Å². The van der Waals surface area contributed by atoms with E-state index in [1.807, 2.05) is 26.1 Å². The molecule has 1 aromatic carbocycles. The zero-order chi connectivity index (χ0) is 15.5. The van der Waals surface area contributed by atoms with Gasteiger partial charge in [0.1, 0.15) is 0 Å². The van der Waals surface area contributed by atoms with Crippen LogP contribution < -0.4 is 5.32 Å². The second-order valence-corrected chi connectivity index (χ2v) is 5.70.